The van der Waals surface area contributed by atoms with Gasteiger partial charge in [0.2, 0.25) is 0 Å². The quantitative estimate of drug-likeness (QED) is 0.169. The first-order valence-electron chi connectivity index (χ1n) is 2.32. The van der Waals surface area contributed by atoms with Crippen molar-refractivity contribution in [3.05, 3.63) is 0 Å². The molecule has 3 nitrogen and oxygen atoms in total. The van der Waals surface area contributed by atoms with E-state index in [-0.39, 0.29) is 0 Å². The van der Waals surface area contributed by atoms with Gasteiger partial charge in [-0.05, 0) is 4.74 Å². The van der Waals surface area contributed by atoms with Crippen LogP contribution in [0.5, 0.6) is 0 Å². The zero-order chi connectivity index (χ0) is 6.57. The van der Waals surface area contributed by atoms with Crippen LogP contribution >= 0.6 is 0 Å². The normalized spacial score (nSPS) is 7.88. The van der Waals surface area contributed by atoms with Crippen LogP contribution in [-0.2, 0) is 9.63 Å². The summed E-state index contributed by atoms with van der Waals surface area (Å²) in [5.74, 6) is 0. The Labute approximate surface area is 48.5 Å². The largest absolute Gasteiger partial charge is 0.368 e. The van der Waals surface area contributed by atoms with Crippen molar-refractivity contribution in [1.29, 1.82) is 0 Å². The molecule has 0 aliphatic carbocycles. The molecule has 0 fully saturated rings. The average molecular weight is 116 g/mol. The van der Waals surface area contributed by atoms with E-state index >= 15 is 0 Å². The summed E-state index contributed by atoms with van der Waals surface area (Å²) in [6.45, 7) is 4.10. The van der Waals surface area contributed by atoms with Crippen LogP contribution in [0.15, 0.2) is 0 Å². The molecule has 3 heteroatoms. The second kappa shape index (κ2) is 3.18. The summed E-state index contributed by atoms with van der Waals surface area (Å²) in [4.78, 5) is 14.1. The lowest BCUT2D eigenvalue weighted by molar-refractivity contribution is -0.738. The fourth-order valence-electron chi connectivity index (χ4n) is 0.170. The Hall–Kier alpha value is -0.860. The first-order chi connectivity index (χ1) is 3.68. The molecule has 0 spiro atoms. The molecule has 0 saturated carbocycles. The van der Waals surface area contributed by atoms with Gasteiger partial charge in [-0.3, -0.25) is 0 Å². The van der Waals surface area contributed by atoms with Crippen molar-refractivity contribution in [3.63, 3.8) is 0 Å². The van der Waals surface area contributed by atoms with Crippen LogP contribution in [0.2, 0.25) is 0 Å². The molecule has 0 saturated heterocycles. The molecule has 0 aliphatic rings. The standard InChI is InChI=1S/C5H10NO2/c1-5(2)6(3)8-4-7/h4H,1-3H3/q+1. The van der Waals surface area contributed by atoms with Crippen molar-refractivity contribution < 1.29 is 14.4 Å². The van der Waals surface area contributed by atoms with Crippen molar-refractivity contribution in [3.8, 4) is 0 Å². The maximum Gasteiger partial charge on any atom is 0.368 e. The third-order valence-corrected chi connectivity index (χ3v) is 0.831. The van der Waals surface area contributed by atoms with E-state index in [2.05, 4.69) is 4.84 Å². The average Bonchev–Trinajstić information content (AvgIpc) is 1.67. The fourth-order valence-corrected chi connectivity index (χ4v) is 0.170. The van der Waals surface area contributed by atoms with Crippen molar-refractivity contribution in [2.24, 2.45) is 0 Å². The lowest BCUT2D eigenvalue weighted by atomic mass is 10.5. The number of carbonyl (C=O) groups is 1. The minimum Gasteiger partial charge on any atom is -0.248 e. The van der Waals surface area contributed by atoms with Gasteiger partial charge in [0.1, 0.15) is 0 Å². The summed E-state index contributed by atoms with van der Waals surface area (Å²) >= 11 is 0. The highest BCUT2D eigenvalue weighted by molar-refractivity contribution is 5.73. The highest BCUT2D eigenvalue weighted by atomic mass is 16.7. The van der Waals surface area contributed by atoms with E-state index in [4.69, 9.17) is 0 Å². The first kappa shape index (κ1) is 7.14. The zero-order valence-corrected chi connectivity index (χ0v) is 5.34. The van der Waals surface area contributed by atoms with Crippen LogP contribution in [0, 0.1) is 0 Å². The number of nitrogens with zero attached hydrogens (tertiary/aromatic N) is 1. The van der Waals surface area contributed by atoms with Crippen LogP contribution in [0.25, 0.3) is 0 Å². The smallest absolute Gasteiger partial charge is 0.248 e. The van der Waals surface area contributed by atoms with Gasteiger partial charge in [-0.1, -0.05) is 0 Å². The summed E-state index contributed by atoms with van der Waals surface area (Å²) in [6, 6.07) is 0. The summed E-state index contributed by atoms with van der Waals surface area (Å²) in [6.07, 6.45) is 0. The Bertz CT molecular complexity index is 114. The van der Waals surface area contributed by atoms with Crippen LogP contribution in [0.1, 0.15) is 13.8 Å². The summed E-state index contributed by atoms with van der Waals surface area (Å²) in [7, 11) is 1.67. The van der Waals surface area contributed by atoms with Gasteiger partial charge in [-0.25, -0.2) is 9.63 Å². The number of hydrogen-bond acceptors (Lipinski definition) is 2. The minimum absolute atomic E-state index is 0.396. The number of rotatable bonds is 2. The van der Waals surface area contributed by atoms with Crippen molar-refractivity contribution >= 4 is 12.2 Å². The van der Waals surface area contributed by atoms with Gasteiger partial charge < -0.3 is 0 Å². The van der Waals surface area contributed by atoms with Gasteiger partial charge in [0.25, 0.3) is 0 Å². The third kappa shape index (κ3) is 2.34. The number of carbonyl (C=O) groups excluding carboxylic acids is 1. The van der Waals surface area contributed by atoms with Crippen LogP contribution in [-0.4, -0.2) is 24.0 Å². The summed E-state index contributed by atoms with van der Waals surface area (Å²) < 4.78 is 1.40. The minimum atomic E-state index is 0.396. The van der Waals surface area contributed by atoms with Gasteiger partial charge in [0.05, 0.1) is 0 Å². The molecule has 0 atom stereocenters. The Balaban J connectivity index is 3.79. The molecule has 0 aromatic heterocycles. The molecule has 46 valence electrons. The second-order valence-electron chi connectivity index (χ2n) is 1.65. The van der Waals surface area contributed by atoms with Gasteiger partial charge >= 0.3 is 6.47 Å². The molecule has 0 amide bonds. The summed E-state index contributed by atoms with van der Waals surface area (Å²) in [5.41, 5.74) is 0.942. The lowest BCUT2D eigenvalue weighted by Gasteiger charge is -1.87. The Morgan fingerprint density at radius 1 is 1.62 bits per heavy atom. The summed E-state index contributed by atoms with van der Waals surface area (Å²) in [5, 5.41) is 0. The molecule has 0 N–H and O–H groups in total. The predicted octanol–water partition coefficient (Wildman–Crippen LogP) is 0.198. The van der Waals surface area contributed by atoms with Gasteiger partial charge in [0, 0.05) is 13.8 Å². The number of hydroxylamine groups is 1. The third-order valence-electron chi connectivity index (χ3n) is 0.831. The Morgan fingerprint density at radius 3 is 2.25 bits per heavy atom. The number of hydrogen-bond donors (Lipinski definition) is 0. The van der Waals surface area contributed by atoms with Crippen LogP contribution in [0.4, 0.5) is 0 Å². The van der Waals surface area contributed by atoms with Crippen LogP contribution < -0.4 is 0 Å². The maximum absolute atomic E-state index is 9.64. The molecule has 0 unspecified atom stereocenters. The molecule has 0 heterocycles. The van der Waals surface area contributed by atoms with Gasteiger partial charge in [-0.15, -0.1) is 0 Å². The first-order valence-corrected chi connectivity index (χ1v) is 2.32. The second-order valence-corrected chi connectivity index (χ2v) is 1.65. The van der Waals surface area contributed by atoms with Crippen LogP contribution in [0.3, 0.4) is 0 Å². The SMILES string of the molecule is CC(C)=[N+](C)OC=O. The molecule has 0 aromatic rings. The van der Waals surface area contributed by atoms with E-state index in [1.165, 1.54) is 4.74 Å². The molecule has 0 bridgehead atoms. The van der Waals surface area contributed by atoms with Crippen molar-refractivity contribution in [1.82, 2.24) is 0 Å². The molecule has 0 radical (unpaired) electrons. The molecular weight excluding hydrogens is 106 g/mol. The topological polar surface area (TPSA) is 29.3 Å². The zero-order valence-electron chi connectivity index (χ0n) is 5.34. The predicted molar refractivity (Wildman–Crippen MR) is 29.7 cm³/mol. The van der Waals surface area contributed by atoms with Gasteiger partial charge in [-0.2, -0.15) is 0 Å². The Morgan fingerprint density at radius 2 is 2.12 bits per heavy atom. The monoisotopic (exact) mass is 116 g/mol. The highest BCUT2D eigenvalue weighted by Crippen LogP contribution is 1.72. The van der Waals surface area contributed by atoms with E-state index in [9.17, 15) is 4.79 Å². The van der Waals surface area contributed by atoms with E-state index in [0.717, 1.165) is 5.71 Å². The van der Waals surface area contributed by atoms with E-state index in [1.54, 1.807) is 7.05 Å². The van der Waals surface area contributed by atoms with E-state index in [0.29, 0.717) is 6.47 Å². The molecule has 8 heavy (non-hydrogen) atoms. The van der Waals surface area contributed by atoms with Gasteiger partial charge in [0.15, 0.2) is 12.8 Å². The van der Waals surface area contributed by atoms with E-state index in [1.807, 2.05) is 13.8 Å². The van der Waals surface area contributed by atoms with Crippen molar-refractivity contribution in [2.75, 3.05) is 7.05 Å². The molecule has 0 rings (SSSR count). The maximum atomic E-state index is 9.64. The fraction of sp³-hybridized carbons (Fsp3) is 0.600. The van der Waals surface area contributed by atoms with E-state index < -0.39 is 0 Å². The lowest BCUT2D eigenvalue weighted by Crippen LogP contribution is -2.11. The molecule has 0 aromatic carbocycles. The molecule has 0 aliphatic heterocycles. The highest BCUT2D eigenvalue weighted by Gasteiger charge is 1.95. The van der Waals surface area contributed by atoms with Crippen molar-refractivity contribution in [2.45, 2.75) is 13.8 Å². The Kier molecular flexibility index (Phi) is 2.84. The molecular formula is C5H10NO2+.